The predicted octanol–water partition coefficient (Wildman–Crippen LogP) is 5.36. The van der Waals surface area contributed by atoms with Crippen LogP contribution in [0.1, 0.15) is 19.8 Å². The van der Waals surface area contributed by atoms with Gasteiger partial charge in [-0.25, -0.2) is 4.57 Å². The van der Waals surface area contributed by atoms with E-state index in [0.717, 1.165) is 0 Å². The van der Waals surface area contributed by atoms with Gasteiger partial charge in [0, 0.05) is 16.6 Å². The number of hydrogen-bond acceptors (Lipinski definition) is 5. The topological polar surface area (TPSA) is 81.9 Å². The molecule has 1 saturated heterocycles. The molecular formula is C19H22Cl3N2O4P. The number of halogens is 3. The van der Waals surface area contributed by atoms with Crippen LogP contribution in [0.5, 0.6) is 11.5 Å². The minimum Gasteiger partial charge on any atom is -0.415 e. The molecule has 1 aliphatic rings. The molecule has 2 N–H and O–H groups in total. The van der Waals surface area contributed by atoms with Crippen LogP contribution in [0.15, 0.2) is 48.5 Å². The zero-order valence-corrected chi connectivity index (χ0v) is 18.9. The Kier molecular flexibility index (Phi) is 8.27. The van der Waals surface area contributed by atoms with Crippen LogP contribution in [0.25, 0.3) is 0 Å². The molecule has 0 aliphatic carbocycles. The van der Waals surface area contributed by atoms with E-state index in [1.807, 2.05) is 0 Å². The first kappa shape index (κ1) is 23.8. The first-order valence-corrected chi connectivity index (χ1v) is 11.2. The van der Waals surface area contributed by atoms with E-state index < -0.39 is 19.4 Å². The van der Waals surface area contributed by atoms with Crippen LogP contribution in [-0.2, 0) is 9.36 Å². The van der Waals surface area contributed by atoms with Crippen LogP contribution in [0, 0.1) is 0 Å². The maximum Gasteiger partial charge on any atom is 0.453 e. The molecule has 6 nitrogen and oxygen atoms in total. The molecule has 0 aromatic heterocycles. The van der Waals surface area contributed by atoms with Crippen LogP contribution < -0.4 is 14.8 Å². The standard InChI is InChI=1S/C19H21Cl2N2O4P.ClH/c1-13(22)19(24)23-12-2-3-18(23)28(25,26-16-8-4-14(20)5-9-16)27-17-10-6-15(21)7-11-17;/h4-11,13,18H,2-3,12,22H2,1H3;1H/t13-,18?;/m0./s1. The first-order chi connectivity index (χ1) is 13.3. The summed E-state index contributed by atoms with van der Waals surface area (Å²) in [4.78, 5) is 14.0. The molecular weight excluding hydrogens is 458 g/mol. The largest absolute Gasteiger partial charge is 0.453 e. The van der Waals surface area contributed by atoms with E-state index in [2.05, 4.69) is 0 Å². The number of hydrogen-bond donors (Lipinski definition) is 1. The van der Waals surface area contributed by atoms with Crippen molar-refractivity contribution in [2.45, 2.75) is 31.6 Å². The fourth-order valence-corrected chi connectivity index (χ4v) is 5.45. The maximum absolute atomic E-state index is 13.9. The third-order valence-corrected chi connectivity index (χ3v) is 7.05. The summed E-state index contributed by atoms with van der Waals surface area (Å²) >= 11 is 11.8. The Labute approximate surface area is 186 Å². The second kappa shape index (κ2) is 10.1. The van der Waals surface area contributed by atoms with Gasteiger partial charge in [-0.15, -0.1) is 12.4 Å². The highest BCUT2D eigenvalue weighted by molar-refractivity contribution is 7.55. The molecule has 2 aromatic rings. The fraction of sp³-hybridized carbons (Fsp3) is 0.316. The summed E-state index contributed by atoms with van der Waals surface area (Å²) < 4.78 is 25.6. The number of nitrogens with zero attached hydrogens (tertiary/aromatic N) is 1. The molecule has 1 unspecified atom stereocenters. The summed E-state index contributed by atoms with van der Waals surface area (Å²) in [7, 11) is -3.83. The Morgan fingerprint density at radius 1 is 1.07 bits per heavy atom. The smallest absolute Gasteiger partial charge is 0.415 e. The lowest BCUT2D eigenvalue weighted by Crippen LogP contribution is -2.45. The van der Waals surface area contributed by atoms with E-state index in [1.165, 1.54) is 4.90 Å². The summed E-state index contributed by atoms with van der Waals surface area (Å²) in [6.07, 6.45) is 1.16. The van der Waals surface area contributed by atoms with Gasteiger partial charge >= 0.3 is 7.60 Å². The van der Waals surface area contributed by atoms with Crippen molar-refractivity contribution in [3.05, 3.63) is 58.6 Å². The summed E-state index contributed by atoms with van der Waals surface area (Å²) in [5.74, 6) is -0.358. The van der Waals surface area contributed by atoms with Crippen LogP contribution in [0.4, 0.5) is 0 Å². The predicted molar refractivity (Wildman–Crippen MR) is 117 cm³/mol. The lowest BCUT2D eigenvalue weighted by molar-refractivity contribution is -0.132. The van der Waals surface area contributed by atoms with E-state index in [1.54, 1.807) is 55.5 Å². The second-order valence-electron chi connectivity index (χ2n) is 6.57. The lowest BCUT2D eigenvalue weighted by atomic mass is 10.3. The maximum atomic E-state index is 13.9. The zero-order valence-electron chi connectivity index (χ0n) is 15.7. The molecule has 158 valence electrons. The Balaban J connectivity index is 0.00000300. The quantitative estimate of drug-likeness (QED) is 0.564. The molecule has 0 bridgehead atoms. The number of amides is 1. The summed E-state index contributed by atoms with van der Waals surface area (Å²) in [5, 5.41) is 1.05. The van der Waals surface area contributed by atoms with Gasteiger partial charge in [0.2, 0.25) is 5.91 Å². The number of carbonyl (C=O) groups is 1. The molecule has 1 amide bonds. The molecule has 0 radical (unpaired) electrons. The van der Waals surface area contributed by atoms with Gasteiger partial charge in [-0.05, 0) is 68.3 Å². The normalized spacial score (nSPS) is 17.4. The second-order valence-corrected chi connectivity index (χ2v) is 9.49. The van der Waals surface area contributed by atoms with Gasteiger partial charge in [-0.1, -0.05) is 23.2 Å². The number of benzene rings is 2. The van der Waals surface area contributed by atoms with E-state index >= 15 is 0 Å². The third kappa shape index (κ3) is 5.80. The van der Waals surface area contributed by atoms with Crippen LogP contribution in [0.3, 0.4) is 0 Å². The minimum atomic E-state index is -3.83. The van der Waals surface area contributed by atoms with Gasteiger partial charge in [0.15, 0.2) is 5.78 Å². The summed E-state index contributed by atoms with van der Waals surface area (Å²) in [6, 6.07) is 12.2. The fourth-order valence-electron chi connectivity index (χ4n) is 3.02. The molecule has 29 heavy (non-hydrogen) atoms. The molecule has 1 fully saturated rings. The molecule has 1 aliphatic heterocycles. The number of nitrogens with two attached hydrogens (primary N) is 1. The van der Waals surface area contributed by atoms with E-state index in [4.69, 9.17) is 38.0 Å². The van der Waals surface area contributed by atoms with Gasteiger partial charge < -0.3 is 19.7 Å². The molecule has 0 spiro atoms. The number of likely N-dealkylation sites (tertiary alicyclic amines) is 1. The van der Waals surface area contributed by atoms with Crippen molar-refractivity contribution in [3.8, 4) is 11.5 Å². The highest BCUT2D eigenvalue weighted by Crippen LogP contribution is 2.57. The van der Waals surface area contributed by atoms with Crippen LogP contribution in [0.2, 0.25) is 10.0 Å². The monoisotopic (exact) mass is 478 g/mol. The molecule has 2 atom stereocenters. The average molecular weight is 480 g/mol. The minimum absolute atomic E-state index is 0. The van der Waals surface area contributed by atoms with Gasteiger partial charge in [0.1, 0.15) is 11.5 Å². The van der Waals surface area contributed by atoms with Gasteiger partial charge in [-0.2, -0.15) is 0 Å². The summed E-state index contributed by atoms with van der Waals surface area (Å²) in [6.45, 7) is 2.05. The van der Waals surface area contributed by atoms with Crippen molar-refractivity contribution in [2.24, 2.45) is 5.73 Å². The number of rotatable bonds is 6. The Bertz CT molecular complexity index is 827. The van der Waals surface area contributed by atoms with Crippen LogP contribution in [-0.4, -0.2) is 29.2 Å². The summed E-state index contributed by atoms with van der Waals surface area (Å²) in [5.41, 5.74) is 5.77. The van der Waals surface area contributed by atoms with E-state index in [-0.39, 0.29) is 18.3 Å². The lowest BCUT2D eigenvalue weighted by Gasteiger charge is -2.31. The Morgan fingerprint density at radius 3 is 1.93 bits per heavy atom. The first-order valence-electron chi connectivity index (χ1n) is 8.84. The number of carbonyl (C=O) groups excluding carboxylic acids is 1. The van der Waals surface area contributed by atoms with Gasteiger partial charge in [0.25, 0.3) is 0 Å². The van der Waals surface area contributed by atoms with Crippen molar-refractivity contribution < 1.29 is 18.4 Å². The van der Waals surface area contributed by atoms with Crippen molar-refractivity contribution in [1.29, 1.82) is 0 Å². The van der Waals surface area contributed by atoms with Crippen molar-refractivity contribution in [3.63, 3.8) is 0 Å². The SMILES string of the molecule is C[C@H](N)C(=O)N1CCCC1P(=O)(Oc1ccc(Cl)cc1)Oc1ccc(Cl)cc1.Cl. The van der Waals surface area contributed by atoms with Crippen molar-refractivity contribution >= 4 is 49.1 Å². The van der Waals surface area contributed by atoms with Crippen molar-refractivity contribution in [2.75, 3.05) is 6.54 Å². The molecule has 0 saturated carbocycles. The molecule has 1 heterocycles. The Hall–Kier alpha value is -1.43. The highest BCUT2D eigenvalue weighted by Gasteiger charge is 2.48. The van der Waals surface area contributed by atoms with Gasteiger partial charge in [0.05, 0.1) is 6.04 Å². The molecule has 3 rings (SSSR count). The third-order valence-electron chi connectivity index (χ3n) is 4.35. The van der Waals surface area contributed by atoms with Crippen molar-refractivity contribution in [1.82, 2.24) is 4.90 Å². The Morgan fingerprint density at radius 2 is 1.52 bits per heavy atom. The highest BCUT2D eigenvalue weighted by atomic mass is 35.5. The van der Waals surface area contributed by atoms with E-state index in [0.29, 0.717) is 40.9 Å². The van der Waals surface area contributed by atoms with Gasteiger partial charge in [-0.3, -0.25) is 4.79 Å². The zero-order chi connectivity index (χ0) is 20.3. The molecule has 2 aromatic carbocycles. The van der Waals surface area contributed by atoms with E-state index in [9.17, 15) is 9.36 Å². The molecule has 10 heteroatoms. The average Bonchev–Trinajstić information content (AvgIpc) is 3.15. The van der Waals surface area contributed by atoms with Crippen LogP contribution >= 0.6 is 43.2 Å².